The maximum absolute atomic E-state index is 5.77. The molecule has 0 fully saturated rings. The second-order valence-electron chi connectivity index (χ2n) is 2.30. The third-order valence-corrected chi connectivity index (χ3v) is 2.36. The Bertz CT molecular complexity index is 396. The van der Waals surface area contributed by atoms with Crippen molar-refractivity contribution in [1.29, 1.82) is 0 Å². The van der Waals surface area contributed by atoms with Crippen LogP contribution in [0.2, 0.25) is 15.2 Å². The number of halogens is 3. The Morgan fingerprint density at radius 2 is 1.83 bits per heavy atom. The van der Waals surface area contributed by atoms with Crippen molar-refractivity contribution < 1.29 is 0 Å². The molecule has 0 bridgehead atoms. The van der Waals surface area contributed by atoms with Crippen LogP contribution in [0.4, 0.5) is 0 Å². The van der Waals surface area contributed by atoms with E-state index in [9.17, 15) is 0 Å². The van der Waals surface area contributed by atoms with Crippen molar-refractivity contribution in [3.05, 3.63) is 33.7 Å². The van der Waals surface area contributed by atoms with Gasteiger partial charge >= 0.3 is 0 Å². The average molecular weight is 221 g/mol. The Morgan fingerprint density at radius 3 is 2.58 bits per heavy atom. The van der Waals surface area contributed by atoms with Crippen LogP contribution >= 0.6 is 34.8 Å². The summed E-state index contributed by atoms with van der Waals surface area (Å²) < 4.78 is 1.72. The molecule has 2 rings (SSSR count). The Labute approximate surface area is 83.7 Å². The molecule has 2 aromatic rings. The van der Waals surface area contributed by atoms with E-state index in [0.29, 0.717) is 20.8 Å². The van der Waals surface area contributed by atoms with Gasteiger partial charge in [0.25, 0.3) is 0 Å². The lowest BCUT2D eigenvalue weighted by molar-refractivity contribution is 1.19. The number of imidazole rings is 1. The number of aromatic nitrogens is 2. The zero-order valence-corrected chi connectivity index (χ0v) is 8.03. The van der Waals surface area contributed by atoms with Crippen LogP contribution in [0, 0.1) is 0 Å². The van der Waals surface area contributed by atoms with Crippen molar-refractivity contribution in [2.75, 3.05) is 0 Å². The molecular weight excluding hydrogens is 218 g/mol. The first-order valence-corrected chi connectivity index (χ1v) is 4.29. The molecule has 0 aliphatic rings. The minimum atomic E-state index is 0.424. The first-order chi connectivity index (χ1) is 5.66. The Balaban J connectivity index is 2.83. The minimum Gasteiger partial charge on any atom is -0.304 e. The lowest BCUT2D eigenvalue weighted by Crippen LogP contribution is -1.82. The third-order valence-electron chi connectivity index (χ3n) is 1.47. The second kappa shape index (κ2) is 2.80. The summed E-state index contributed by atoms with van der Waals surface area (Å²) in [6.07, 6.45) is 3.33. The zero-order valence-electron chi connectivity index (χ0n) is 5.76. The molecule has 0 unspecified atom stereocenters. The van der Waals surface area contributed by atoms with Gasteiger partial charge in [0.15, 0.2) is 0 Å². The minimum absolute atomic E-state index is 0.424. The molecule has 0 N–H and O–H groups in total. The predicted octanol–water partition coefficient (Wildman–Crippen LogP) is 3.29. The van der Waals surface area contributed by atoms with Crippen LogP contribution in [0.1, 0.15) is 0 Å². The van der Waals surface area contributed by atoms with E-state index < -0.39 is 0 Å². The molecule has 0 aliphatic heterocycles. The standard InChI is InChI=1S/C7H3Cl3N2/c8-4-1-7-11-6(10)3-12(7)2-5(4)9/h1-3H. The molecule has 0 aromatic carbocycles. The maximum Gasteiger partial charge on any atom is 0.148 e. The molecular formula is C7H3Cl3N2. The molecule has 0 amide bonds. The normalized spacial score (nSPS) is 10.9. The number of rotatable bonds is 0. The molecule has 5 heteroatoms. The summed E-state index contributed by atoms with van der Waals surface area (Å²) in [5.74, 6) is 0. The molecule has 2 nitrogen and oxygen atoms in total. The highest BCUT2D eigenvalue weighted by Gasteiger charge is 2.02. The third kappa shape index (κ3) is 1.26. The van der Waals surface area contributed by atoms with Crippen LogP contribution < -0.4 is 0 Å². The molecule has 0 atom stereocenters. The van der Waals surface area contributed by atoms with Gasteiger partial charge in [-0.3, -0.25) is 0 Å². The number of nitrogens with zero attached hydrogens (tertiary/aromatic N) is 2. The van der Waals surface area contributed by atoms with Crippen LogP contribution in [0.5, 0.6) is 0 Å². The smallest absolute Gasteiger partial charge is 0.148 e. The van der Waals surface area contributed by atoms with Crippen LogP contribution in [0.15, 0.2) is 18.5 Å². The molecule has 0 saturated heterocycles. The van der Waals surface area contributed by atoms with E-state index in [2.05, 4.69) is 4.98 Å². The summed E-state index contributed by atoms with van der Waals surface area (Å²) in [6, 6.07) is 1.66. The largest absolute Gasteiger partial charge is 0.304 e. The molecule has 0 radical (unpaired) electrons. The van der Waals surface area contributed by atoms with Crippen molar-refractivity contribution in [2.45, 2.75) is 0 Å². The maximum atomic E-state index is 5.77. The van der Waals surface area contributed by atoms with Gasteiger partial charge in [-0.05, 0) is 0 Å². The lowest BCUT2D eigenvalue weighted by Gasteiger charge is -1.95. The summed E-state index contributed by atoms with van der Waals surface area (Å²) in [4.78, 5) is 4.00. The molecule has 0 saturated carbocycles. The molecule has 62 valence electrons. The van der Waals surface area contributed by atoms with E-state index in [4.69, 9.17) is 34.8 Å². The monoisotopic (exact) mass is 220 g/mol. The summed E-state index contributed by atoms with van der Waals surface area (Å²) in [5, 5.41) is 1.39. The van der Waals surface area contributed by atoms with Crippen molar-refractivity contribution in [3.63, 3.8) is 0 Å². The van der Waals surface area contributed by atoms with E-state index in [1.807, 2.05) is 0 Å². The topological polar surface area (TPSA) is 17.3 Å². The summed E-state index contributed by atoms with van der Waals surface area (Å²) >= 11 is 17.2. The van der Waals surface area contributed by atoms with Gasteiger partial charge in [0, 0.05) is 18.5 Å². The van der Waals surface area contributed by atoms with Crippen molar-refractivity contribution in [1.82, 2.24) is 9.38 Å². The number of pyridine rings is 1. The number of hydrogen-bond acceptors (Lipinski definition) is 1. The van der Waals surface area contributed by atoms with Gasteiger partial charge in [-0.15, -0.1) is 0 Å². The summed E-state index contributed by atoms with van der Waals surface area (Å²) in [6.45, 7) is 0. The Hall–Kier alpha value is -0.440. The van der Waals surface area contributed by atoms with Gasteiger partial charge in [-0.2, -0.15) is 0 Å². The van der Waals surface area contributed by atoms with Crippen molar-refractivity contribution >= 4 is 40.4 Å². The lowest BCUT2D eigenvalue weighted by atomic mass is 10.5. The first kappa shape index (κ1) is 8.17. The molecule has 12 heavy (non-hydrogen) atoms. The first-order valence-electron chi connectivity index (χ1n) is 3.16. The second-order valence-corrected chi connectivity index (χ2v) is 3.50. The van der Waals surface area contributed by atoms with Gasteiger partial charge in [-0.1, -0.05) is 34.8 Å². The molecule has 0 spiro atoms. The zero-order chi connectivity index (χ0) is 8.72. The quantitative estimate of drug-likeness (QED) is 0.667. The van der Waals surface area contributed by atoms with Crippen LogP contribution in [-0.2, 0) is 0 Å². The van der Waals surface area contributed by atoms with E-state index in [-0.39, 0.29) is 0 Å². The highest BCUT2D eigenvalue weighted by molar-refractivity contribution is 6.42. The molecule has 2 heterocycles. The highest BCUT2D eigenvalue weighted by atomic mass is 35.5. The number of fused-ring (bicyclic) bond motifs is 1. The predicted molar refractivity (Wildman–Crippen MR) is 50.2 cm³/mol. The fraction of sp³-hybridized carbons (Fsp3) is 0. The van der Waals surface area contributed by atoms with E-state index in [1.54, 1.807) is 22.9 Å². The highest BCUT2D eigenvalue weighted by Crippen LogP contribution is 2.23. The summed E-state index contributed by atoms with van der Waals surface area (Å²) in [7, 11) is 0. The van der Waals surface area contributed by atoms with Gasteiger partial charge in [0.2, 0.25) is 0 Å². The van der Waals surface area contributed by atoms with E-state index >= 15 is 0 Å². The van der Waals surface area contributed by atoms with Gasteiger partial charge in [0.05, 0.1) is 10.0 Å². The molecule has 2 aromatic heterocycles. The van der Waals surface area contributed by atoms with Gasteiger partial charge in [-0.25, -0.2) is 4.98 Å². The van der Waals surface area contributed by atoms with E-state index in [1.165, 1.54) is 0 Å². The van der Waals surface area contributed by atoms with Gasteiger partial charge < -0.3 is 4.40 Å². The van der Waals surface area contributed by atoms with Crippen LogP contribution in [-0.4, -0.2) is 9.38 Å². The number of hydrogen-bond donors (Lipinski definition) is 0. The summed E-state index contributed by atoms with van der Waals surface area (Å²) in [5.41, 5.74) is 0.689. The Morgan fingerprint density at radius 1 is 1.08 bits per heavy atom. The fourth-order valence-corrected chi connectivity index (χ4v) is 1.45. The van der Waals surface area contributed by atoms with Crippen molar-refractivity contribution in [3.8, 4) is 0 Å². The average Bonchev–Trinajstić information content (AvgIpc) is 2.30. The van der Waals surface area contributed by atoms with Crippen LogP contribution in [0.25, 0.3) is 5.65 Å². The van der Waals surface area contributed by atoms with Crippen molar-refractivity contribution in [2.24, 2.45) is 0 Å². The van der Waals surface area contributed by atoms with Crippen LogP contribution in [0.3, 0.4) is 0 Å². The molecule has 0 aliphatic carbocycles. The SMILES string of the molecule is Clc1cn2cc(Cl)c(Cl)cc2n1. The van der Waals surface area contributed by atoms with E-state index in [0.717, 1.165) is 0 Å². The van der Waals surface area contributed by atoms with Gasteiger partial charge in [0.1, 0.15) is 10.8 Å². The fourth-order valence-electron chi connectivity index (χ4n) is 0.953. The Kier molecular flexibility index (Phi) is 1.91.